The molecule has 1 aliphatic rings. The molecule has 190 valence electrons. The Hall–Kier alpha value is -4.16. The van der Waals surface area contributed by atoms with Crippen LogP contribution >= 0.6 is 0 Å². The van der Waals surface area contributed by atoms with Gasteiger partial charge in [0.2, 0.25) is 0 Å². The van der Waals surface area contributed by atoms with Crippen molar-refractivity contribution in [2.24, 2.45) is 0 Å². The van der Waals surface area contributed by atoms with E-state index in [1.54, 1.807) is 0 Å². The first-order valence-electron chi connectivity index (χ1n) is 14.5. The third-order valence-electron chi connectivity index (χ3n) is 9.35. The maximum Gasteiger partial charge on any atom is 0.0210 e. The summed E-state index contributed by atoms with van der Waals surface area (Å²) >= 11 is 0. The minimum atomic E-state index is 0.0640. The van der Waals surface area contributed by atoms with Crippen LogP contribution in [0.5, 0.6) is 0 Å². The van der Waals surface area contributed by atoms with E-state index in [4.69, 9.17) is 0 Å². The zero-order valence-corrected chi connectivity index (χ0v) is 23.1. The number of fused-ring (bicyclic) bond motifs is 5. The highest BCUT2D eigenvalue weighted by Crippen LogP contribution is 2.54. The normalized spacial score (nSPS) is 13.5. The van der Waals surface area contributed by atoms with Gasteiger partial charge in [0.25, 0.3) is 0 Å². The molecule has 6 aromatic rings. The van der Waals surface area contributed by atoms with Gasteiger partial charge >= 0.3 is 0 Å². The van der Waals surface area contributed by atoms with Crippen molar-refractivity contribution in [3.63, 3.8) is 0 Å². The molecule has 0 atom stereocenters. The molecule has 0 bridgehead atoms. The Labute approximate surface area is 232 Å². The number of benzene rings is 6. The molecule has 0 heterocycles. The maximum atomic E-state index is 2.52. The van der Waals surface area contributed by atoms with Gasteiger partial charge in [0.05, 0.1) is 0 Å². The van der Waals surface area contributed by atoms with Crippen molar-refractivity contribution in [2.75, 3.05) is 0 Å². The molecule has 0 aliphatic heterocycles. The van der Waals surface area contributed by atoms with E-state index in [0.29, 0.717) is 0 Å². The molecule has 0 amide bonds. The van der Waals surface area contributed by atoms with Crippen molar-refractivity contribution in [3.05, 3.63) is 132 Å². The largest absolute Gasteiger partial charge is 0.0642 e. The van der Waals surface area contributed by atoms with Crippen LogP contribution in [-0.4, -0.2) is 0 Å². The van der Waals surface area contributed by atoms with Crippen LogP contribution in [-0.2, 0) is 11.8 Å². The number of hydrogen-bond acceptors (Lipinski definition) is 0. The predicted molar refractivity (Wildman–Crippen MR) is 169 cm³/mol. The second-order valence-corrected chi connectivity index (χ2v) is 11.0. The quantitative estimate of drug-likeness (QED) is 0.206. The average Bonchev–Trinajstić information content (AvgIpc) is 3.29. The van der Waals surface area contributed by atoms with E-state index in [2.05, 4.69) is 136 Å². The van der Waals surface area contributed by atoms with Gasteiger partial charge < -0.3 is 0 Å². The van der Waals surface area contributed by atoms with E-state index in [1.807, 2.05) is 0 Å². The standard InChI is InChI=1S/C39H34/c1-4-26-19-21-27(22-20-26)37-31-14-7-9-16-33(31)38(34-17-10-8-15-32(34)37)28-23-24-30-29-13-11-12-18-35(29)39(5-2,6-3)36(30)25-28/h7-25H,4-6H2,1-3H3. The highest BCUT2D eigenvalue weighted by molar-refractivity contribution is 6.21. The van der Waals surface area contributed by atoms with Gasteiger partial charge in [-0.15, -0.1) is 0 Å². The first-order chi connectivity index (χ1) is 19.2. The third-order valence-corrected chi connectivity index (χ3v) is 9.35. The van der Waals surface area contributed by atoms with Crippen molar-refractivity contribution < 1.29 is 0 Å². The molecule has 39 heavy (non-hydrogen) atoms. The fraction of sp³-hybridized carbons (Fsp3) is 0.179. The fourth-order valence-corrected chi connectivity index (χ4v) is 7.28. The van der Waals surface area contributed by atoms with E-state index < -0.39 is 0 Å². The second-order valence-electron chi connectivity index (χ2n) is 11.0. The van der Waals surface area contributed by atoms with E-state index in [9.17, 15) is 0 Å². The molecule has 0 unspecified atom stereocenters. The molecule has 0 radical (unpaired) electrons. The van der Waals surface area contributed by atoms with Crippen LogP contribution in [0.4, 0.5) is 0 Å². The van der Waals surface area contributed by atoms with Crippen molar-refractivity contribution in [3.8, 4) is 33.4 Å². The minimum absolute atomic E-state index is 0.0640. The molecule has 0 spiro atoms. The van der Waals surface area contributed by atoms with Gasteiger partial charge in [-0.05, 0) is 96.9 Å². The van der Waals surface area contributed by atoms with Gasteiger partial charge in [-0.25, -0.2) is 0 Å². The summed E-state index contributed by atoms with van der Waals surface area (Å²) in [5.74, 6) is 0. The Balaban J connectivity index is 1.54. The average molecular weight is 503 g/mol. The smallest absolute Gasteiger partial charge is 0.0210 e. The third kappa shape index (κ3) is 3.44. The lowest BCUT2D eigenvalue weighted by Crippen LogP contribution is -2.23. The second kappa shape index (κ2) is 9.24. The Morgan fingerprint density at radius 1 is 0.462 bits per heavy atom. The summed E-state index contributed by atoms with van der Waals surface area (Å²) in [4.78, 5) is 0. The number of rotatable bonds is 5. The first-order valence-corrected chi connectivity index (χ1v) is 14.5. The number of hydrogen-bond donors (Lipinski definition) is 0. The summed E-state index contributed by atoms with van der Waals surface area (Å²) in [7, 11) is 0. The molecular formula is C39H34. The van der Waals surface area contributed by atoms with Gasteiger partial charge in [-0.1, -0.05) is 130 Å². The maximum absolute atomic E-state index is 2.52. The van der Waals surface area contributed by atoms with Crippen LogP contribution in [0.1, 0.15) is 50.3 Å². The van der Waals surface area contributed by atoms with Crippen LogP contribution in [0.3, 0.4) is 0 Å². The zero-order chi connectivity index (χ0) is 26.6. The van der Waals surface area contributed by atoms with Crippen LogP contribution in [0.2, 0.25) is 0 Å². The van der Waals surface area contributed by atoms with E-state index in [0.717, 1.165) is 19.3 Å². The van der Waals surface area contributed by atoms with Crippen LogP contribution < -0.4 is 0 Å². The lowest BCUT2D eigenvalue weighted by atomic mass is 9.73. The van der Waals surface area contributed by atoms with Gasteiger partial charge in [-0.2, -0.15) is 0 Å². The van der Waals surface area contributed by atoms with Gasteiger partial charge in [0, 0.05) is 5.41 Å². The predicted octanol–water partition coefficient (Wildman–Crippen LogP) is 11.0. The molecule has 1 aliphatic carbocycles. The van der Waals surface area contributed by atoms with Gasteiger partial charge in [0.1, 0.15) is 0 Å². The fourth-order valence-electron chi connectivity index (χ4n) is 7.28. The molecule has 0 heteroatoms. The molecule has 6 aromatic carbocycles. The lowest BCUT2D eigenvalue weighted by Gasteiger charge is -2.30. The summed E-state index contributed by atoms with van der Waals surface area (Å²) in [6.45, 7) is 6.92. The Morgan fingerprint density at radius 3 is 1.51 bits per heavy atom. The monoisotopic (exact) mass is 502 g/mol. The molecule has 0 aromatic heterocycles. The van der Waals surface area contributed by atoms with Crippen molar-refractivity contribution in [1.82, 2.24) is 0 Å². The van der Waals surface area contributed by atoms with E-state index in [-0.39, 0.29) is 5.41 Å². The first kappa shape index (κ1) is 23.9. The highest BCUT2D eigenvalue weighted by Gasteiger charge is 2.40. The number of aryl methyl sites for hydroxylation is 1. The SMILES string of the molecule is CCc1ccc(-c2c3ccccc3c(-c3ccc4c(c3)C(CC)(CC)c3ccccc3-4)c3ccccc23)cc1. The summed E-state index contributed by atoms with van der Waals surface area (Å²) in [6.07, 6.45) is 3.26. The van der Waals surface area contributed by atoms with E-state index >= 15 is 0 Å². The summed E-state index contributed by atoms with van der Waals surface area (Å²) in [6, 6.07) is 43.5. The molecule has 0 N–H and O–H groups in total. The summed E-state index contributed by atoms with van der Waals surface area (Å²) in [5, 5.41) is 5.27. The van der Waals surface area contributed by atoms with E-state index in [1.165, 1.54) is 71.6 Å². The van der Waals surface area contributed by atoms with Gasteiger partial charge in [-0.3, -0.25) is 0 Å². The lowest BCUT2D eigenvalue weighted by molar-refractivity contribution is 0.490. The Morgan fingerprint density at radius 2 is 0.949 bits per heavy atom. The Bertz CT molecular complexity index is 1790. The van der Waals surface area contributed by atoms with Crippen LogP contribution in [0.15, 0.2) is 115 Å². The summed E-state index contributed by atoms with van der Waals surface area (Å²) < 4.78 is 0. The Kier molecular flexibility index (Phi) is 5.67. The molecule has 0 nitrogen and oxygen atoms in total. The molecule has 0 saturated carbocycles. The van der Waals surface area contributed by atoms with Crippen molar-refractivity contribution in [1.29, 1.82) is 0 Å². The molecule has 0 saturated heterocycles. The van der Waals surface area contributed by atoms with Crippen LogP contribution in [0, 0.1) is 0 Å². The molecule has 0 fully saturated rings. The molecule has 7 rings (SSSR count). The van der Waals surface area contributed by atoms with Crippen LogP contribution in [0.25, 0.3) is 54.9 Å². The van der Waals surface area contributed by atoms with Gasteiger partial charge in [0.15, 0.2) is 0 Å². The van der Waals surface area contributed by atoms with Crippen molar-refractivity contribution in [2.45, 2.75) is 45.4 Å². The zero-order valence-electron chi connectivity index (χ0n) is 23.1. The topological polar surface area (TPSA) is 0 Å². The minimum Gasteiger partial charge on any atom is -0.0642 e. The van der Waals surface area contributed by atoms with Crippen molar-refractivity contribution >= 4 is 21.5 Å². The molecular weight excluding hydrogens is 468 g/mol. The highest BCUT2D eigenvalue weighted by atomic mass is 14.4. The summed E-state index contributed by atoms with van der Waals surface area (Å²) in [5.41, 5.74) is 12.5.